The van der Waals surface area contributed by atoms with Gasteiger partial charge in [0.15, 0.2) is 0 Å². The van der Waals surface area contributed by atoms with Gasteiger partial charge < -0.3 is 9.88 Å². The number of aryl methyl sites for hydroxylation is 1. The Morgan fingerprint density at radius 1 is 1.07 bits per heavy atom. The molecule has 4 aromatic rings. The number of hydrogen-bond acceptors (Lipinski definition) is 3. The fourth-order valence-corrected chi connectivity index (χ4v) is 3.19. The van der Waals surface area contributed by atoms with E-state index in [0.717, 1.165) is 5.69 Å². The van der Waals surface area contributed by atoms with Crippen molar-refractivity contribution in [3.63, 3.8) is 0 Å². The standard InChI is InChI=1S/C21H17ClN4O2/c22-15-7-8-18(19(13-15)25-10-3-4-11-25)24-20(27)9-12-26-14-23-17-6-2-1-5-16(17)21(26)28/h1-8,10-11,13-14H,9,12H2,(H,24,27). The number of anilines is 1. The molecular weight excluding hydrogens is 376 g/mol. The van der Waals surface area contributed by atoms with E-state index in [2.05, 4.69) is 10.3 Å². The average Bonchev–Trinajstić information content (AvgIpc) is 3.24. The molecule has 0 unspecified atom stereocenters. The maximum atomic E-state index is 12.5. The molecule has 0 fully saturated rings. The molecular formula is C21H17ClN4O2. The van der Waals surface area contributed by atoms with E-state index in [9.17, 15) is 9.59 Å². The van der Waals surface area contributed by atoms with Gasteiger partial charge >= 0.3 is 0 Å². The van der Waals surface area contributed by atoms with Crippen molar-refractivity contribution in [2.45, 2.75) is 13.0 Å². The molecule has 7 heteroatoms. The molecule has 0 radical (unpaired) electrons. The molecule has 0 saturated heterocycles. The zero-order valence-electron chi connectivity index (χ0n) is 14.9. The highest BCUT2D eigenvalue weighted by atomic mass is 35.5. The van der Waals surface area contributed by atoms with E-state index < -0.39 is 0 Å². The smallest absolute Gasteiger partial charge is 0.261 e. The highest BCUT2D eigenvalue weighted by molar-refractivity contribution is 6.30. The lowest BCUT2D eigenvalue weighted by Crippen LogP contribution is -2.23. The number of hydrogen-bond donors (Lipinski definition) is 1. The third-order valence-corrected chi connectivity index (χ3v) is 4.66. The SMILES string of the molecule is O=C(CCn1cnc2ccccc2c1=O)Nc1ccc(Cl)cc1-n1cccc1. The largest absolute Gasteiger partial charge is 0.324 e. The van der Waals surface area contributed by atoms with Crippen LogP contribution in [0.15, 0.2) is 78.1 Å². The monoisotopic (exact) mass is 392 g/mol. The zero-order valence-corrected chi connectivity index (χ0v) is 15.6. The second-order valence-electron chi connectivity index (χ2n) is 6.31. The molecule has 2 aromatic carbocycles. The molecule has 6 nitrogen and oxygen atoms in total. The predicted molar refractivity (Wildman–Crippen MR) is 110 cm³/mol. The Morgan fingerprint density at radius 2 is 1.86 bits per heavy atom. The third-order valence-electron chi connectivity index (χ3n) is 4.43. The number of nitrogens with zero attached hydrogens (tertiary/aromatic N) is 3. The van der Waals surface area contributed by atoms with Crippen LogP contribution < -0.4 is 10.9 Å². The molecule has 0 spiro atoms. The van der Waals surface area contributed by atoms with Gasteiger partial charge in [0.2, 0.25) is 5.91 Å². The maximum absolute atomic E-state index is 12.5. The van der Waals surface area contributed by atoms with E-state index in [1.165, 1.54) is 10.9 Å². The minimum absolute atomic E-state index is 0.146. The number of amides is 1. The highest BCUT2D eigenvalue weighted by Crippen LogP contribution is 2.24. The van der Waals surface area contributed by atoms with Crippen molar-refractivity contribution < 1.29 is 4.79 Å². The lowest BCUT2D eigenvalue weighted by Gasteiger charge is -2.13. The first-order chi connectivity index (χ1) is 13.6. The Bertz CT molecular complexity index is 1200. The van der Waals surface area contributed by atoms with Crippen molar-refractivity contribution in [2.75, 3.05) is 5.32 Å². The van der Waals surface area contributed by atoms with Gasteiger partial charge in [-0.1, -0.05) is 23.7 Å². The van der Waals surface area contributed by atoms with Crippen LogP contribution >= 0.6 is 11.6 Å². The van der Waals surface area contributed by atoms with Crippen molar-refractivity contribution in [1.82, 2.24) is 14.1 Å². The molecule has 0 aliphatic rings. The highest BCUT2D eigenvalue weighted by Gasteiger charge is 2.10. The molecule has 2 aromatic heterocycles. The van der Waals surface area contributed by atoms with Crippen LogP contribution in [-0.4, -0.2) is 20.0 Å². The van der Waals surface area contributed by atoms with Crippen LogP contribution in [0.3, 0.4) is 0 Å². The molecule has 0 saturated carbocycles. The van der Waals surface area contributed by atoms with Gasteiger partial charge in [-0.05, 0) is 42.5 Å². The minimum atomic E-state index is -0.198. The number of nitrogens with one attached hydrogen (secondary N) is 1. The third kappa shape index (κ3) is 3.68. The number of rotatable bonds is 5. The molecule has 4 rings (SSSR count). The fourth-order valence-electron chi connectivity index (χ4n) is 3.02. The Hall–Kier alpha value is -3.38. The second kappa shape index (κ2) is 7.70. The molecule has 28 heavy (non-hydrogen) atoms. The topological polar surface area (TPSA) is 68.9 Å². The Balaban J connectivity index is 1.50. The summed E-state index contributed by atoms with van der Waals surface area (Å²) in [6, 6.07) is 16.2. The molecule has 2 heterocycles. The van der Waals surface area contributed by atoms with E-state index in [1.54, 1.807) is 36.4 Å². The fraction of sp³-hybridized carbons (Fsp3) is 0.0952. The summed E-state index contributed by atoms with van der Waals surface area (Å²) in [5.74, 6) is -0.198. The van der Waals surface area contributed by atoms with Crippen LogP contribution in [0, 0.1) is 0 Å². The summed E-state index contributed by atoms with van der Waals surface area (Å²) in [5.41, 5.74) is 1.91. The zero-order chi connectivity index (χ0) is 19.5. The molecule has 140 valence electrons. The lowest BCUT2D eigenvalue weighted by atomic mass is 10.2. The van der Waals surface area contributed by atoms with Crippen LogP contribution in [0.25, 0.3) is 16.6 Å². The minimum Gasteiger partial charge on any atom is -0.324 e. The van der Waals surface area contributed by atoms with Crippen molar-refractivity contribution in [3.8, 4) is 5.69 Å². The molecule has 1 N–H and O–H groups in total. The number of para-hydroxylation sites is 1. The van der Waals surface area contributed by atoms with Gasteiger partial charge in [0.1, 0.15) is 0 Å². The molecule has 0 aliphatic carbocycles. The molecule has 0 aliphatic heterocycles. The normalized spacial score (nSPS) is 10.9. The summed E-state index contributed by atoms with van der Waals surface area (Å²) >= 11 is 6.11. The molecule has 0 bridgehead atoms. The summed E-state index contributed by atoms with van der Waals surface area (Å²) in [6.07, 6.45) is 5.38. The summed E-state index contributed by atoms with van der Waals surface area (Å²) < 4.78 is 3.33. The first kappa shape index (κ1) is 18.0. The quantitative estimate of drug-likeness (QED) is 0.560. The predicted octanol–water partition coefficient (Wildman–Crippen LogP) is 3.87. The van der Waals surface area contributed by atoms with E-state index in [4.69, 9.17) is 11.6 Å². The first-order valence-corrected chi connectivity index (χ1v) is 9.16. The average molecular weight is 393 g/mol. The Kier molecular flexibility index (Phi) is 4.95. The van der Waals surface area contributed by atoms with Gasteiger partial charge in [-0.2, -0.15) is 0 Å². The van der Waals surface area contributed by atoms with Gasteiger partial charge in [-0.3, -0.25) is 14.2 Å². The summed E-state index contributed by atoms with van der Waals surface area (Å²) in [4.78, 5) is 29.3. The Morgan fingerprint density at radius 3 is 2.68 bits per heavy atom. The van der Waals surface area contributed by atoms with Crippen LogP contribution in [0.5, 0.6) is 0 Å². The number of carbonyl (C=O) groups is 1. The van der Waals surface area contributed by atoms with Crippen LogP contribution in [0.1, 0.15) is 6.42 Å². The van der Waals surface area contributed by atoms with Gasteiger partial charge in [0, 0.05) is 30.4 Å². The van der Waals surface area contributed by atoms with Crippen molar-refractivity contribution in [3.05, 3.63) is 88.7 Å². The molecule has 0 atom stereocenters. The van der Waals surface area contributed by atoms with Crippen molar-refractivity contribution in [1.29, 1.82) is 0 Å². The molecule has 1 amide bonds. The maximum Gasteiger partial charge on any atom is 0.261 e. The van der Waals surface area contributed by atoms with Gasteiger partial charge in [-0.25, -0.2) is 4.98 Å². The van der Waals surface area contributed by atoms with Gasteiger partial charge in [0.25, 0.3) is 5.56 Å². The number of aromatic nitrogens is 3. The van der Waals surface area contributed by atoms with E-state index in [1.807, 2.05) is 35.2 Å². The number of fused-ring (bicyclic) bond motifs is 1. The van der Waals surface area contributed by atoms with Crippen LogP contribution in [0.4, 0.5) is 5.69 Å². The summed E-state index contributed by atoms with van der Waals surface area (Å²) in [5, 5.41) is 4.02. The lowest BCUT2D eigenvalue weighted by molar-refractivity contribution is -0.116. The van der Waals surface area contributed by atoms with E-state index in [-0.39, 0.29) is 24.4 Å². The van der Waals surface area contributed by atoms with Gasteiger partial charge in [0.05, 0.1) is 28.6 Å². The van der Waals surface area contributed by atoms with Gasteiger partial charge in [-0.15, -0.1) is 0 Å². The summed E-state index contributed by atoms with van der Waals surface area (Å²) in [6.45, 7) is 0.245. The Labute approximate surface area is 166 Å². The van der Waals surface area contributed by atoms with E-state index >= 15 is 0 Å². The van der Waals surface area contributed by atoms with Crippen molar-refractivity contribution in [2.24, 2.45) is 0 Å². The van der Waals surface area contributed by atoms with Crippen LogP contribution in [0.2, 0.25) is 5.02 Å². The number of benzene rings is 2. The second-order valence-corrected chi connectivity index (χ2v) is 6.75. The van der Waals surface area contributed by atoms with Crippen molar-refractivity contribution >= 4 is 34.1 Å². The summed E-state index contributed by atoms with van der Waals surface area (Å²) in [7, 11) is 0. The number of carbonyl (C=O) groups excluding carboxylic acids is 1. The van der Waals surface area contributed by atoms with Crippen LogP contribution in [-0.2, 0) is 11.3 Å². The number of halogens is 1. The first-order valence-electron chi connectivity index (χ1n) is 8.79. The van der Waals surface area contributed by atoms with E-state index in [0.29, 0.717) is 21.6 Å².